The van der Waals surface area contributed by atoms with Crippen molar-refractivity contribution in [3.8, 4) is 0 Å². The number of hydrogen-bond donors (Lipinski definition) is 2. The van der Waals surface area contributed by atoms with Crippen LogP contribution in [-0.2, 0) is 14.9 Å². The monoisotopic (exact) mass is 470 g/mol. The molecule has 32 heavy (non-hydrogen) atoms. The molecule has 0 saturated heterocycles. The number of benzene rings is 1. The van der Waals surface area contributed by atoms with Crippen LogP contribution < -0.4 is 0 Å². The first-order valence-corrected chi connectivity index (χ1v) is 13.1. The first kappa shape index (κ1) is 28.1. The molecule has 3 atom stereocenters. The zero-order valence-electron chi connectivity index (χ0n) is 19.7. The molecule has 182 valence electrons. The second kappa shape index (κ2) is 13.6. The Morgan fingerprint density at radius 2 is 1.53 bits per heavy atom. The second-order valence-corrected chi connectivity index (χ2v) is 9.85. The molecular weight excluding hydrogens is 432 g/mol. The van der Waals surface area contributed by atoms with E-state index in [1.54, 1.807) is 0 Å². The maximum Gasteiger partial charge on any atom is 0.338 e. The van der Waals surface area contributed by atoms with Gasteiger partial charge in [-0.25, -0.2) is 9.59 Å². The molecule has 0 radical (unpaired) electrons. The third-order valence-electron chi connectivity index (χ3n) is 6.03. The SMILES string of the molecule is CCCCC(CC)CC(OC(=O)c1cc(C(=O)O)cc(S(=O)(=O)O)c1)C(CC)CCCC. The molecule has 1 rings (SSSR count). The van der Waals surface area contributed by atoms with E-state index >= 15 is 0 Å². The Morgan fingerprint density at radius 1 is 0.938 bits per heavy atom. The van der Waals surface area contributed by atoms with Crippen molar-refractivity contribution in [1.29, 1.82) is 0 Å². The first-order chi connectivity index (χ1) is 15.1. The number of carboxylic acids is 1. The summed E-state index contributed by atoms with van der Waals surface area (Å²) in [5.74, 6) is -1.61. The van der Waals surface area contributed by atoms with Gasteiger partial charge in [-0.15, -0.1) is 0 Å². The lowest BCUT2D eigenvalue weighted by atomic mass is 9.84. The molecule has 7 nitrogen and oxygen atoms in total. The third-order valence-corrected chi connectivity index (χ3v) is 6.86. The van der Waals surface area contributed by atoms with Crippen molar-refractivity contribution in [3.05, 3.63) is 29.3 Å². The Bertz CT molecular complexity index is 848. The Morgan fingerprint density at radius 3 is 2.03 bits per heavy atom. The average molecular weight is 471 g/mol. The summed E-state index contributed by atoms with van der Waals surface area (Å²) >= 11 is 0. The van der Waals surface area contributed by atoms with E-state index in [2.05, 4.69) is 27.7 Å². The summed E-state index contributed by atoms with van der Waals surface area (Å²) in [6.07, 6.45) is 8.39. The van der Waals surface area contributed by atoms with E-state index in [1.807, 2.05) is 0 Å². The van der Waals surface area contributed by atoms with Crippen molar-refractivity contribution in [2.75, 3.05) is 0 Å². The number of rotatable bonds is 15. The fourth-order valence-electron chi connectivity index (χ4n) is 3.96. The highest BCUT2D eigenvalue weighted by atomic mass is 32.2. The molecule has 0 spiro atoms. The quantitative estimate of drug-likeness (QED) is 0.239. The van der Waals surface area contributed by atoms with E-state index in [-0.39, 0.29) is 17.6 Å². The molecule has 1 aromatic carbocycles. The number of carbonyl (C=O) groups excluding carboxylic acids is 1. The molecular formula is C24H38O7S. The Hall–Kier alpha value is -1.93. The van der Waals surface area contributed by atoms with Crippen molar-refractivity contribution in [2.45, 2.75) is 96.5 Å². The van der Waals surface area contributed by atoms with Crippen molar-refractivity contribution >= 4 is 22.1 Å². The van der Waals surface area contributed by atoms with E-state index in [0.717, 1.165) is 69.6 Å². The molecule has 0 amide bonds. The van der Waals surface area contributed by atoms with E-state index < -0.39 is 32.5 Å². The van der Waals surface area contributed by atoms with E-state index in [0.29, 0.717) is 12.3 Å². The number of carbonyl (C=O) groups is 2. The van der Waals surface area contributed by atoms with E-state index in [9.17, 15) is 27.7 Å². The molecule has 0 heterocycles. The molecule has 3 unspecified atom stereocenters. The van der Waals surface area contributed by atoms with Crippen LogP contribution in [0.4, 0.5) is 0 Å². The van der Waals surface area contributed by atoms with Gasteiger partial charge >= 0.3 is 11.9 Å². The first-order valence-electron chi connectivity index (χ1n) is 11.6. The lowest BCUT2D eigenvalue weighted by Gasteiger charge is -2.29. The van der Waals surface area contributed by atoms with Crippen LogP contribution in [0.15, 0.2) is 23.1 Å². The summed E-state index contributed by atoms with van der Waals surface area (Å²) in [7, 11) is -4.68. The molecule has 1 aromatic rings. The van der Waals surface area contributed by atoms with Gasteiger partial charge in [0.15, 0.2) is 0 Å². The summed E-state index contributed by atoms with van der Waals surface area (Å²) in [4.78, 5) is 23.8. The summed E-state index contributed by atoms with van der Waals surface area (Å²) in [5.41, 5.74) is -0.606. The van der Waals surface area contributed by atoms with Gasteiger partial charge in [0, 0.05) is 0 Å². The maximum absolute atomic E-state index is 13.0. The minimum Gasteiger partial charge on any atom is -0.478 e. The van der Waals surface area contributed by atoms with Crippen molar-refractivity contribution in [3.63, 3.8) is 0 Å². The molecule has 2 N–H and O–H groups in total. The fraction of sp³-hybridized carbons (Fsp3) is 0.667. The minimum absolute atomic E-state index is 0.165. The van der Waals surface area contributed by atoms with Gasteiger partial charge in [-0.1, -0.05) is 66.2 Å². The van der Waals surface area contributed by atoms with Crippen molar-refractivity contribution in [1.82, 2.24) is 0 Å². The highest BCUT2D eigenvalue weighted by molar-refractivity contribution is 7.85. The van der Waals surface area contributed by atoms with Crippen LogP contribution in [0.5, 0.6) is 0 Å². The van der Waals surface area contributed by atoms with Gasteiger partial charge in [-0.2, -0.15) is 8.42 Å². The number of unbranched alkanes of at least 4 members (excludes halogenated alkanes) is 2. The van der Waals surface area contributed by atoms with E-state index in [4.69, 9.17) is 4.74 Å². The van der Waals surface area contributed by atoms with Crippen LogP contribution in [0.2, 0.25) is 0 Å². The number of esters is 1. The van der Waals surface area contributed by atoms with Gasteiger partial charge in [0.1, 0.15) is 6.10 Å². The Labute approximate surface area is 192 Å². The molecule has 0 saturated carbocycles. The fourth-order valence-corrected chi connectivity index (χ4v) is 4.51. The highest BCUT2D eigenvalue weighted by Crippen LogP contribution is 2.29. The summed E-state index contributed by atoms with van der Waals surface area (Å²) in [5, 5.41) is 9.29. The topological polar surface area (TPSA) is 118 Å². The molecule has 0 bridgehead atoms. The normalized spacial score (nSPS) is 14.5. The number of hydrogen-bond acceptors (Lipinski definition) is 5. The number of aromatic carboxylic acids is 1. The molecule has 0 aliphatic carbocycles. The van der Waals surface area contributed by atoms with Crippen LogP contribution in [0.1, 0.15) is 106 Å². The van der Waals surface area contributed by atoms with Gasteiger partial charge < -0.3 is 9.84 Å². The Kier molecular flexibility index (Phi) is 11.9. The number of ether oxygens (including phenoxy) is 1. The third kappa shape index (κ3) is 8.90. The molecule has 0 aromatic heterocycles. The Balaban J connectivity index is 3.25. The van der Waals surface area contributed by atoms with Crippen LogP contribution in [0.25, 0.3) is 0 Å². The number of carboxylic acid groups (broad SMARTS) is 1. The smallest absolute Gasteiger partial charge is 0.338 e. The van der Waals surface area contributed by atoms with Crippen LogP contribution >= 0.6 is 0 Å². The summed E-state index contributed by atoms with van der Waals surface area (Å²) < 4.78 is 38.4. The molecule has 0 aliphatic heterocycles. The molecule has 8 heteroatoms. The predicted molar refractivity (Wildman–Crippen MR) is 124 cm³/mol. The van der Waals surface area contributed by atoms with Gasteiger partial charge in [-0.3, -0.25) is 4.55 Å². The van der Waals surface area contributed by atoms with Gasteiger partial charge in [0.2, 0.25) is 0 Å². The average Bonchev–Trinajstić information content (AvgIpc) is 2.75. The van der Waals surface area contributed by atoms with Crippen LogP contribution in [0.3, 0.4) is 0 Å². The maximum atomic E-state index is 13.0. The van der Waals surface area contributed by atoms with Crippen LogP contribution in [-0.4, -0.2) is 36.1 Å². The lowest BCUT2D eigenvalue weighted by Crippen LogP contribution is -2.29. The van der Waals surface area contributed by atoms with Crippen LogP contribution in [0, 0.1) is 11.8 Å². The molecule has 0 fully saturated rings. The van der Waals surface area contributed by atoms with Gasteiger partial charge in [0.25, 0.3) is 10.1 Å². The minimum atomic E-state index is -4.68. The van der Waals surface area contributed by atoms with Crippen molar-refractivity contribution in [2.24, 2.45) is 11.8 Å². The van der Waals surface area contributed by atoms with E-state index in [1.165, 1.54) is 0 Å². The lowest BCUT2D eigenvalue weighted by molar-refractivity contribution is 0.00218. The predicted octanol–water partition coefficient (Wildman–Crippen LogP) is 5.98. The zero-order valence-corrected chi connectivity index (χ0v) is 20.5. The zero-order chi connectivity index (χ0) is 24.3. The highest BCUT2D eigenvalue weighted by Gasteiger charge is 2.28. The summed E-state index contributed by atoms with van der Waals surface area (Å²) in [6, 6.07) is 2.86. The largest absolute Gasteiger partial charge is 0.478 e. The standard InChI is InChI=1S/C24H38O7S/c1-5-9-11-17(7-3)13-22(18(8-4)12-10-6-2)31-24(27)20-14-19(23(25)26)15-21(16-20)32(28,29)30/h14-18,22H,5-13H2,1-4H3,(H,25,26)(H,28,29,30). The van der Waals surface area contributed by atoms with Gasteiger partial charge in [-0.05, 0) is 49.3 Å². The van der Waals surface area contributed by atoms with Crippen molar-refractivity contribution < 1.29 is 32.4 Å². The second-order valence-electron chi connectivity index (χ2n) is 8.43. The molecule has 0 aliphatic rings. The van der Waals surface area contributed by atoms with Gasteiger partial charge in [0.05, 0.1) is 16.0 Å². The summed E-state index contributed by atoms with van der Waals surface area (Å²) in [6.45, 7) is 8.44.